The SMILES string of the molecule is Cc1nc2ccc(N(C)C[C@H](O)CN3CCOCC3)nn2n1. The highest BCUT2D eigenvalue weighted by Gasteiger charge is 2.17. The molecule has 1 fully saturated rings. The number of ether oxygens (including phenoxy) is 1. The van der Waals surface area contributed by atoms with Crippen molar-refractivity contribution in [1.29, 1.82) is 0 Å². The van der Waals surface area contributed by atoms with Gasteiger partial charge in [0.25, 0.3) is 0 Å². The maximum atomic E-state index is 10.3. The molecule has 2 aromatic rings. The van der Waals surface area contributed by atoms with E-state index in [1.807, 2.05) is 31.0 Å². The Hall–Kier alpha value is -1.77. The highest BCUT2D eigenvalue weighted by Crippen LogP contribution is 2.10. The highest BCUT2D eigenvalue weighted by molar-refractivity contribution is 5.44. The van der Waals surface area contributed by atoms with Crippen molar-refractivity contribution in [2.24, 2.45) is 0 Å². The largest absolute Gasteiger partial charge is 0.390 e. The summed E-state index contributed by atoms with van der Waals surface area (Å²) in [6, 6.07) is 3.78. The summed E-state index contributed by atoms with van der Waals surface area (Å²) in [5.41, 5.74) is 0.725. The minimum Gasteiger partial charge on any atom is -0.390 e. The number of anilines is 1. The summed E-state index contributed by atoms with van der Waals surface area (Å²) in [7, 11) is 1.92. The Morgan fingerprint density at radius 3 is 2.86 bits per heavy atom. The fraction of sp³-hybridized carbons (Fsp3) is 0.643. The molecule has 0 amide bonds. The number of aromatic nitrogens is 4. The van der Waals surface area contributed by atoms with Crippen LogP contribution in [0.25, 0.3) is 5.65 Å². The average Bonchev–Trinajstić information content (AvgIpc) is 2.87. The summed E-state index contributed by atoms with van der Waals surface area (Å²) in [6.45, 7) is 6.25. The molecular formula is C14H22N6O2. The van der Waals surface area contributed by atoms with Gasteiger partial charge in [0.15, 0.2) is 11.5 Å². The van der Waals surface area contributed by atoms with Gasteiger partial charge in [-0.3, -0.25) is 4.90 Å². The molecule has 22 heavy (non-hydrogen) atoms. The molecule has 1 N–H and O–H groups in total. The Labute approximate surface area is 129 Å². The molecule has 8 nitrogen and oxygen atoms in total. The first-order valence-corrected chi connectivity index (χ1v) is 7.52. The van der Waals surface area contributed by atoms with Crippen LogP contribution in [0.3, 0.4) is 0 Å². The van der Waals surface area contributed by atoms with Crippen molar-refractivity contribution in [3.8, 4) is 0 Å². The molecule has 0 unspecified atom stereocenters. The number of aryl methyl sites for hydroxylation is 1. The molecular weight excluding hydrogens is 284 g/mol. The van der Waals surface area contributed by atoms with Crippen LogP contribution in [0.15, 0.2) is 12.1 Å². The third-order valence-electron chi connectivity index (χ3n) is 3.75. The lowest BCUT2D eigenvalue weighted by atomic mass is 10.3. The first-order chi connectivity index (χ1) is 10.6. The molecule has 1 saturated heterocycles. The quantitative estimate of drug-likeness (QED) is 0.802. The number of aliphatic hydroxyl groups excluding tert-OH is 1. The molecule has 0 saturated carbocycles. The van der Waals surface area contributed by atoms with E-state index in [1.165, 1.54) is 4.63 Å². The van der Waals surface area contributed by atoms with Crippen LogP contribution in [0.1, 0.15) is 5.82 Å². The molecule has 0 radical (unpaired) electrons. The van der Waals surface area contributed by atoms with Crippen LogP contribution in [0.4, 0.5) is 5.82 Å². The Balaban J connectivity index is 1.60. The molecule has 3 heterocycles. The second-order valence-corrected chi connectivity index (χ2v) is 5.65. The zero-order chi connectivity index (χ0) is 15.5. The van der Waals surface area contributed by atoms with Crippen LogP contribution < -0.4 is 4.90 Å². The number of rotatable bonds is 5. The number of aliphatic hydroxyl groups is 1. The lowest BCUT2D eigenvalue weighted by Gasteiger charge is -2.30. The highest BCUT2D eigenvalue weighted by atomic mass is 16.5. The lowest BCUT2D eigenvalue weighted by molar-refractivity contribution is 0.0162. The summed E-state index contributed by atoms with van der Waals surface area (Å²) in [6.07, 6.45) is -0.432. The predicted octanol–water partition coefficient (Wildman–Crippen LogP) is -0.438. The van der Waals surface area contributed by atoms with Crippen molar-refractivity contribution in [3.63, 3.8) is 0 Å². The molecule has 120 valence electrons. The van der Waals surface area contributed by atoms with Crippen LogP contribution in [0, 0.1) is 6.92 Å². The molecule has 1 aliphatic rings. The van der Waals surface area contributed by atoms with Gasteiger partial charge in [-0.05, 0) is 19.1 Å². The summed E-state index contributed by atoms with van der Waals surface area (Å²) in [5.74, 6) is 1.46. The summed E-state index contributed by atoms with van der Waals surface area (Å²) in [5, 5.41) is 18.9. The van der Waals surface area contributed by atoms with Crippen LogP contribution in [0.5, 0.6) is 0 Å². The molecule has 1 aliphatic heterocycles. The van der Waals surface area contributed by atoms with Crippen LogP contribution >= 0.6 is 0 Å². The molecule has 2 aromatic heterocycles. The minimum absolute atomic E-state index is 0.432. The van der Waals surface area contributed by atoms with Gasteiger partial charge >= 0.3 is 0 Å². The smallest absolute Gasteiger partial charge is 0.176 e. The van der Waals surface area contributed by atoms with Crippen LogP contribution in [-0.2, 0) is 4.74 Å². The molecule has 0 bridgehead atoms. The first-order valence-electron chi connectivity index (χ1n) is 7.52. The van der Waals surface area contributed by atoms with Crippen LogP contribution in [0.2, 0.25) is 0 Å². The second-order valence-electron chi connectivity index (χ2n) is 5.65. The normalized spacial score (nSPS) is 17.8. The van der Waals surface area contributed by atoms with E-state index in [4.69, 9.17) is 4.74 Å². The van der Waals surface area contributed by atoms with Gasteiger partial charge in [-0.1, -0.05) is 0 Å². The fourth-order valence-corrected chi connectivity index (χ4v) is 2.63. The summed E-state index contributed by atoms with van der Waals surface area (Å²) < 4.78 is 6.84. The Morgan fingerprint density at radius 2 is 2.09 bits per heavy atom. The maximum Gasteiger partial charge on any atom is 0.176 e. The molecule has 8 heteroatoms. The van der Waals surface area contributed by atoms with Gasteiger partial charge in [0, 0.05) is 33.2 Å². The fourth-order valence-electron chi connectivity index (χ4n) is 2.63. The molecule has 1 atom stereocenters. The number of morpholine rings is 1. The van der Waals surface area contributed by atoms with E-state index in [0.29, 0.717) is 18.9 Å². The van der Waals surface area contributed by atoms with E-state index in [2.05, 4.69) is 20.1 Å². The zero-order valence-electron chi connectivity index (χ0n) is 13.0. The van der Waals surface area contributed by atoms with Crippen molar-refractivity contribution >= 4 is 11.5 Å². The van der Waals surface area contributed by atoms with E-state index in [9.17, 15) is 5.11 Å². The summed E-state index contributed by atoms with van der Waals surface area (Å²) >= 11 is 0. The average molecular weight is 306 g/mol. The third-order valence-corrected chi connectivity index (χ3v) is 3.75. The Morgan fingerprint density at radius 1 is 1.32 bits per heavy atom. The number of nitrogens with zero attached hydrogens (tertiary/aromatic N) is 6. The second kappa shape index (κ2) is 6.55. The predicted molar refractivity (Wildman–Crippen MR) is 82.1 cm³/mol. The Bertz CT molecular complexity index is 625. The number of likely N-dealkylation sites (N-methyl/N-ethyl adjacent to an activating group) is 1. The third kappa shape index (κ3) is 3.52. The van der Waals surface area contributed by atoms with E-state index >= 15 is 0 Å². The van der Waals surface area contributed by atoms with Gasteiger partial charge < -0.3 is 14.7 Å². The van der Waals surface area contributed by atoms with Gasteiger partial charge in [0.05, 0.1) is 19.3 Å². The standard InChI is InChI=1S/C14H22N6O2/c1-11-15-13-3-4-14(17-20(13)16-11)18(2)9-12(21)10-19-5-7-22-8-6-19/h3-4,12,21H,5-10H2,1-2H3/t12-/m0/s1. The monoisotopic (exact) mass is 306 g/mol. The van der Waals surface area contributed by atoms with E-state index in [1.54, 1.807) is 0 Å². The molecule has 0 aliphatic carbocycles. The van der Waals surface area contributed by atoms with Crippen LogP contribution in [-0.4, -0.2) is 82.4 Å². The maximum absolute atomic E-state index is 10.3. The van der Waals surface area contributed by atoms with E-state index in [0.717, 1.165) is 37.8 Å². The first kappa shape index (κ1) is 15.1. The summed E-state index contributed by atoms with van der Waals surface area (Å²) in [4.78, 5) is 8.41. The van der Waals surface area contributed by atoms with E-state index in [-0.39, 0.29) is 0 Å². The molecule has 0 spiro atoms. The van der Waals surface area contributed by atoms with Gasteiger partial charge in [0.1, 0.15) is 5.82 Å². The van der Waals surface area contributed by atoms with Gasteiger partial charge in [-0.2, -0.15) is 0 Å². The lowest BCUT2D eigenvalue weighted by Crippen LogP contribution is -2.44. The Kier molecular flexibility index (Phi) is 4.51. The van der Waals surface area contributed by atoms with Crippen molar-refractivity contribution in [2.75, 3.05) is 51.3 Å². The topological polar surface area (TPSA) is 79.0 Å². The van der Waals surface area contributed by atoms with Gasteiger partial charge in [-0.25, -0.2) is 4.98 Å². The molecule has 3 rings (SSSR count). The van der Waals surface area contributed by atoms with Crippen molar-refractivity contribution in [3.05, 3.63) is 18.0 Å². The zero-order valence-corrected chi connectivity index (χ0v) is 13.0. The van der Waals surface area contributed by atoms with Crippen molar-refractivity contribution in [2.45, 2.75) is 13.0 Å². The number of hydrogen-bond acceptors (Lipinski definition) is 7. The molecule has 0 aromatic carbocycles. The van der Waals surface area contributed by atoms with E-state index < -0.39 is 6.10 Å². The number of hydrogen-bond donors (Lipinski definition) is 1. The van der Waals surface area contributed by atoms with Crippen molar-refractivity contribution < 1.29 is 9.84 Å². The van der Waals surface area contributed by atoms with Crippen molar-refractivity contribution in [1.82, 2.24) is 24.7 Å². The number of β-amino-alcohol motifs (C(OH)–C–C–N with tert-alkyl or cyclic N) is 1. The van der Waals surface area contributed by atoms with Gasteiger partial charge in [-0.15, -0.1) is 14.8 Å². The van der Waals surface area contributed by atoms with Gasteiger partial charge in [0.2, 0.25) is 0 Å². The minimum atomic E-state index is -0.432. The number of fused-ring (bicyclic) bond motifs is 1.